The standard InChI is InChI=1S/C22H21ClF3N5S/c23-17-4-2-5-18(24)16(17)14-31-8-7-20(28-31)27-22(32)30-11-9-29(10-12-30)13-15-3-1-6-19(25)21(15)26/h1-8H,9-14H2,(H,27,28,32). The second-order valence-electron chi connectivity index (χ2n) is 7.51. The van der Waals surface area contributed by atoms with Gasteiger partial charge in [-0.25, -0.2) is 13.2 Å². The lowest BCUT2D eigenvalue weighted by molar-refractivity contribution is 0.175. The SMILES string of the molecule is Fc1cccc(CN2CCN(C(=S)Nc3ccn(Cc4c(F)cccc4Cl)n3)CC2)c1F. The monoisotopic (exact) mass is 479 g/mol. The predicted octanol–water partition coefficient (Wildman–Crippen LogP) is 4.52. The number of halogens is 4. The number of aromatic nitrogens is 2. The number of hydrogen-bond donors (Lipinski definition) is 1. The van der Waals surface area contributed by atoms with Gasteiger partial charge in [0.25, 0.3) is 0 Å². The van der Waals surface area contributed by atoms with Gasteiger partial charge in [0.2, 0.25) is 0 Å². The van der Waals surface area contributed by atoms with Crippen molar-refractivity contribution in [2.45, 2.75) is 13.1 Å². The topological polar surface area (TPSA) is 36.3 Å². The number of piperazine rings is 1. The van der Waals surface area contributed by atoms with Crippen molar-refractivity contribution in [1.82, 2.24) is 19.6 Å². The van der Waals surface area contributed by atoms with Crippen LogP contribution in [0.5, 0.6) is 0 Å². The van der Waals surface area contributed by atoms with Crippen LogP contribution in [-0.4, -0.2) is 50.9 Å². The lowest BCUT2D eigenvalue weighted by Gasteiger charge is -2.36. The first-order chi connectivity index (χ1) is 15.4. The van der Waals surface area contributed by atoms with Crippen LogP contribution >= 0.6 is 23.8 Å². The van der Waals surface area contributed by atoms with E-state index in [1.54, 1.807) is 35.1 Å². The van der Waals surface area contributed by atoms with Crippen molar-refractivity contribution in [2.75, 3.05) is 31.5 Å². The van der Waals surface area contributed by atoms with Crippen LogP contribution in [-0.2, 0) is 13.1 Å². The van der Waals surface area contributed by atoms with Crippen LogP contribution < -0.4 is 5.32 Å². The van der Waals surface area contributed by atoms with Crippen LogP contribution in [0.2, 0.25) is 5.02 Å². The quantitative estimate of drug-likeness (QED) is 0.545. The molecule has 1 aliphatic rings. The average Bonchev–Trinajstić information content (AvgIpc) is 3.21. The Hall–Kier alpha value is -2.62. The maximum atomic E-state index is 14.0. The number of anilines is 1. The smallest absolute Gasteiger partial charge is 0.174 e. The van der Waals surface area contributed by atoms with Gasteiger partial charge in [-0.15, -0.1) is 0 Å². The van der Waals surface area contributed by atoms with E-state index in [1.165, 1.54) is 12.1 Å². The summed E-state index contributed by atoms with van der Waals surface area (Å²) >= 11 is 11.6. The molecule has 1 saturated heterocycles. The highest BCUT2D eigenvalue weighted by molar-refractivity contribution is 7.80. The second-order valence-corrected chi connectivity index (χ2v) is 8.30. The molecule has 1 aliphatic heterocycles. The fraction of sp³-hybridized carbons (Fsp3) is 0.273. The first-order valence-corrected chi connectivity index (χ1v) is 10.9. The molecule has 4 rings (SSSR count). The van der Waals surface area contributed by atoms with Gasteiger partial charge in [0, 0.05) is 61.1 Å². The lowest BCUT2D eigenvalue weighted by Crippen LogP contribution is -2.49. The maximum absolute atomic E-state index is 14.0. The van der Waals surface area contributed by atoms with E-state index in [4.69, 9.17) is 23.8 Å². The molecule has 2 aromatic carbocycles. The molecule has 5 nitrogen and oxygen atoms in total. The summed E-state index contributed by atoms with van der Waals surface area (Å²) in [5, 5.41) is 8.36. The largest absolute Gasteiger partial charge is 0.346 e. The summed E-state index contributed by atoms with van der Waals surface area (Å²) in [5.74, 6) is -1.46. The molecule has 0 saturated carbocycles. The molecule has 1 aromatic heterocycles. The molecule has 0 atom stereocenters. The van der Waals surface area contributed by atoms with E-state index in [-0.39, 0.29) is 12.4 Å². The number of hydrogen-bond acceptors (Lipinski definition) is 3. The van der Waals surface area contributed by atoms with Crippen LogP contribution in [0.4, 0.5) is 19.0 Å². The van der Waals surface area contributed by atoms with Crippen LogP contribution in [0, 0.1) is 17.5 Å². The molecule has 0 aliphatic carbocycles. The molecule has 3 aromatic rings. The van der Waals surface area contributed by atoms with E-state index < -0.39 is 11.6 Å². The van der Waals surface area contributed by atoms with Gasteiger partial charge in [0.15, 0.2) is 22.6 Å². The molecule has 0 spiro atoms. The van der Waals surface area contributed by atoms with Gasteiger partial charge in [-0.1, -0.05) is 29.8 Å². The average molecular weight is 480 g/mol. The molecule has 1 fully saturated rings. The van der Waals surface area contributed by atoms with Crippen molar-refractivity contribution in [3.8, 4) is 0 Å². The highest BCUT2D eigenvalue weighted by Crippen LogP contribution is 2.20. The molecule has 0 bridgehead atoms. The Labute approximate surface area is 194 Å². The number of benzene rings is 2. The van der Waals surface area contributed by atoms with Crippen molar-refractivity contribution in [1.29, 1.82) is 0 Å². The van der Waals surface area contributed by atoms with Crippen LogP contribution in [0.3, 0.4) is 0 Å². The van der Waals surface area contributed by atoms with E-state index in [0.717, 1.165) is 6.07 Å². The number of rotatable bonds is 5. The van der Waals surface area contributed by atoms with Crippen molar-refractivity contribution in [2.24, 2.45) is 0 Å². The zero-order valence-corrected chi connectivity index (χ0v) is 18.6. The zero-order valence-electron chi connectivity index (χ0n) is 17.1. The van der Waals surface area contributed by atoms with Gasteiger partial charge >= 0.3 is 0 Å². The predicted molar refractivity (Wildman–Crippen MR) is 122 cm³/mol. The fourth-order valence-electron chi connectivity index (χ4n) is 3.57. The maximum Gasteiger partial charge on any atom is 0.174 e. The minimum Gasteiger partial charge on any atom is -0.346 e. The van der Waals surface area contributed by atoms with Gasteiger partial charge in [0.1, 0.15) is 5.82 Å². The van der Waals surface area contributed by atoms with Gasteiger partial charge in [-0.3, -0.25) is 9.58 Å². The van der Waals surface area contributed by atoms with Crippen LogP contribution in [0.1, 0.15) is 11.1 Å². The lowest BCUT2D eigenvalue weighted by atomic mass is 10.2. The molecule has 0 unspecified atom stereocenters. The minimum atomic E-state index is -0.830. The third kappa shape index (κ3) is 5.23. The van der Waals surface area contributed by atoms with Crippen LogP contribution in [0.15, 0.2) is 48.7 Å². The van der Waals surface area contributed by atoms with Crippen molar-refractivity contribution in [3.63, 3.8) is 0 Å². The molecule has 32 heavy (non-hydrogen) atoms. The summed E-state index contributed by atoms with van der Waals surface area (Å²) < 4.78 is 42.9. The zero-order chi connectivity index (χ0) is 22.7. The number of nitrogens with one attached hydrogen (secondary N) is 1. The van der Waals surface area contributed by atoms with Crippen molar-refractivity contribution < 1.29 is 13.2 Å². The highest BCUT2D eigenvalue weighted by Gasteiger charge is 2.21. The van der Waals surface area contributed by atoms with Crippen molar-refractivity contribution >= 4 is 34.7 Å². The Bertz CT molecular complexity index is 1090. The Balaban J connectivity index is 1.29. The summed E-state index contributed by atoms with van der Waals surface area (Å²) in [4.78, 5) is 4.06. The summed E-state index contributed by atoms with van der Waals surface area (Å²) in [6.07, 6.45) is 1.72. The van der Waals surface area contributed by atoms with E-state index in [1.807, 2.05) is 4.90 Å². The molecule has 1 N–H and O–H groups in total. The normalized spacial score (nSPS) is 14.6. The van der Waals surface area contributed by atoms with E-state index in [2.05, 4.69) is 15.3 Å². The van der Waals surface area contributed by atoms with E-state index >= 15 is 0 Å². The molecule has 2 heterocycles. The third-order valence-corrected chi connectivity index (χ3v) is 6.06. The second kappa shape index (κ2) is 9.89. The Kier molecular flexibility index (Phi) is 6.98. The Morgan fingerprint density at radius 2 is 1.69 bits per heavy atom. The Morgan fingerprint density at radius 1 is 0.969 bits per heavy atom. The van der Waals surface area contributed by atoms with Gasteiger partial charge in [0.05, 0.1) is 6.54 Å². The number of thiocarbonyl (C=S) groups is 1. The van der Waals surface area contributed by atoms with E-state index in [9.17, 15) is 13.2 Å². The molecule has 0 amide bonds. The van der Waals surface area contributed by atoms with Gasteiger partial charge < -0.3 is 10.2 Å². The third-order valence-electron chi connectivity index (χ3n) is 5.34. The first-order valence-electron chi connectivity index (χ1n) is 10.1. The van der Waals surface area contributed by atoms with Gasteiger partial charge in [-0.2, -0.15) is 5.10 Å². The van der Waals surface area contributed by atoms with E-state index in [0.29, 0.717) is 59.8 Å². The van der Waals surface area contributed by atoms with Crippen molar-refractivity contribution in [3.05, 3.63) is 82.3 Å². The summed E-state index contributed by atoms with van der Waals surface area (Å²) in [7, 11) is 0. The first kappa shape index (κ1) is 22.6. The summed E-state index contributed by atoms with van der Waals surface area (Å²) in [5.41, 5.74) is 0.719. The fourth-order valence-corrected chi connectivity index (χ4v) is 4.08. The number of nitrogens with zero attached hydrogens (tertiary/aromatic N) is 4. The van der Waals surface area contributed by atoms with Gasteiger partial charge in [-0.05, 0) is 30.4 Å². The summed E-state index contributed by atoms with van der Waals surface area (Å²) in [6.45, 7) is 3.18. The minimum absolute atomic E-state index is 0.204. The molecular weight excluding hydrogens is 459 g/mol. The molecule has 10 heteroatoms. The molecule has 0 radical (unpaired) electrons. The summed E-state index contributed by atoms with van der Waals surface area (Å²) in [6, 6.07) is 10.5. The Morgan fingerprint density at radius 3 is 2.44 bits per heavy atom. The molecule has 168 valence electrons. The van der Waals surface area contributed by atoms with Crippen LogP contribution in [0.25, 0.3) is 0 Å². The molecular formula is C22H21ClF3N5S. The highest BCUT2D eigenvalue weighted by atomic mass is 35.5.